The summed E-state index contributed by atoms with van der Waals surface area (Å²) in [5.41, 5.74) is 2.90. The van der Waals surface area contributed by atoms with Gasteiger partial charge in [0.15, 0.2) is 0 Å². The van der Waals surface area contributed by atoms with E-state index in [0.717, 1.165) is 40.8 Å². The largest absolute Gasteiger partial charge is 0.465 e. The van der Waals surface area contributed by atoms with Crippen molar-refractivity contribution >= 4 is 29.2 Å². The Morgan fingerprint density at radius 2 is 1.60 bits per heavy atom. The summed E-state index contributed by atoms with van der Waals surface area (Å²) in [5.74, 6) is -1.87. The Kier molecular flexibility index (Phi) is 6.89. The Labute approximate surface area is 173 Å². The van der Waals surface area contributed by atoms with E-state index in [9.17, 15) is 24.5 Å². The van der Waals surface area contributed by atoms with Crippen LogP contribution in [0.2, 0.25) is 0 Å². The van der Waals surface area contributed by atoms with E-state index in [1.807, 2.05) is 32.9 Å². The number of likely N-dealkylation sites (N-methyl/N-ethyl adjacent to an activating group) is 1. The molecule has 0 radical (unpaired) electrons. The third-order valence-electron chi connectivity index (χ3n) is 4.47. The first-order chi connectivity index (χ1) is 14.0. The first-order valence-electron chi connectivity index (χ1n) is 9.04. The zero-order chi connectivity index (χ0) is 22.6. The van der Waals surface area contributed by atoms with E-state index in [0.29, 0.717) is 5.69 Å². The molecule has 0 aliphatic heterocycles. The van der Waals surface area contributed by atoms with E-state index in [1.54, 1.807) is 0 Å². The van der Waals surface area contributed by atoms with Crippen molar-refractivity contribution in [3.63, 3.8) is 0 Å². The molecule has 2 amide bonds. The van der Waals surface area contributed by atoms with E-state index in [2.05, 4.69) is 10.1 Å². The topological polar surface area (TPSA) is 119 Å². The number of ether oxygens (including phenoxy) is 1. The van der Waals surface area contributed by atoms with Gasteiger partial charge in [0.25, 0.3) is 11.6 Å². The van der Waals surface area contributed by atoms with Gasteiger partial charge >= 0.3 is 5.97 Å². The van der Waals surface area contributed by atoms with Crippen LogP contribution in [0.4, 0.5) is 11.4 Å². The number of non-ortho nitro benzene ring substituents is 1. The van der Waals surface area contributed by atoms with Crippen molar-refractivity contribution < 1.29 is 24.0 Å². The molecule has 0 heterocycles. The number of aryl methyl sites for hydroxylation is 3. The average molecular weight is 413 g/mol. The van der Waals surface area contributed by atoms with Crippen LogP contribution in [0.5, 0.6) is 0 Å². The van der Waals surface area contributed by atoms with Gasteiger partial charge in [-0.1, -0.05) is 17.7 Å². The van der Waals surface area contributed by atoms with Crippen molar-refractivity contribution in [3.05, 3.63) is 68.3 Å². The van der Waals surface area contributed by atoms with Gasteiger partial charge in [-0.2, -0.15) is 0 Å². The second kappa shape index (κ2) is 9.17. The monoisotopic (exact) mass is 413 g/mol. The molecule has 158 valence electrons. The molecule has 0 aliphatic carbocycles. The van der Waals surface area contributed by atoms with Crippen molar-refractivity contribution in [2.75, 3.05) is 26.0 Å². The predicted molar refractivity (Wildman–Crippen MR) is 111 cm³/mol. The number of carbonyl (C=O) groups excluding carboxylic acids is 3. The summed E-state index contributed by atoms with van der Waals surface area (Å²) in [4.78, 5) is 48.5. The van der Waals surface area contributed by atoms with Crippen LogP contribution < -0.4 is 5.32 Å². The van der Waals surface area contributed by atoms with Crippen LogP contribution in [0.3, 0.4) is 0 Å². The molecular weight excluding hydrogens is 390 g/mol. The highest BCUT2D eigenvalue weighted by molar-refractivity contribution is 6.02. The molecule has 2 rings (SSSR count). The molecule has 0 bridgehead atoms. The summed E-state index contributed by atoms with van der Waals surface area (Å²) in [5, 5.41) is 13.9. The van der Waals surface area contributed by atoms with Gasteiger partial charge in [0.1, 0.15) is 0 Å². The Bertz CT molecular complexity index is 1010. The predicted octanol–water partition coefficient (Wildman–Crippen LogP) is 3.02. The molecular formula is C21H23N3O6. The lowest BCUT2D eigenvalue weighted by Crippen LogP contribution is -2.35. The zero-order valence-electron chi connectivity index (χ0n) is 17.4. The molecule has 30 heavy (non-hydrogen) atoms. The fraction of sp³-hybridized carbons (Fsp3) is 0.286. The molecule has 0 fully saturated rings. The first-order valence-corrected chi connectivity index (χ1v) is 9.04. The molecule has 0 saturated heterocycles. The van der Waals surface area contributed by atoms with E-state index >= 15 is 0 Å². The highest BCUT2D eigenvalue weighted by atomic mass is 16.6. The van der Waals surface area contributed by atoms with Crippen LogP contribution in [0.1, 0.15) is 37.4 Å². The number of esters is 1. The van der Waals surface area contributed by atoms with Crippen molar-refractivity contribution in [2.45, 2.75) is 20.8 Å². The van der Waals surface area contributed by atoms with E-state index in [1.165, 1.54) is 13.1 Å². The van der Waals surface area contributed by atoms with E-state index in [-0.39, 0.29) is 17.7 Å². The molecule has 2 aromatic carbocycles. The second-order valence-electron chi connectivity index (χ2n) is 7.00. The highest BCUT2D eigenvalue weighted by Gasteiger charge is 2.22. The maximum atomic E-state index is 12.7. The molecule has 0 atom stereocenters. The fourth-order valence-corrected chi connectivity index (χ4v) is 3.14. The van der Waals surface area contributed by atoms with Gasteiger partial charge < -0.3 is 15.0 Å². The maximum Gasteiger partial charge on any atom is 0.338 e. The SMILES string of the molecule is COC(=O)c1cc(C(=O)N(C)CC(=O)Nc2c(C)cc(C)cc2C)cc([N+](=O)[O-])c1. The molecule has 0 unspecified atom stereocenters. The van der Waals surface area contributed by atoms with Gasteiger partial charge in [-0.25, -0.2) is 4.79 Å². The summed E-state index contributed by atoms with van der Waals surface area (Å²) in [6.07, 6.45) is 0. The van der Waals surface area contributed by atoms with Crippen LogP contribution >= 0.6 is 0 Å². The number of nitrogens with one attached hydrogen (secondary N) is 1. The Morgan fingerprint density at radius 3 is 2.13 bits per heavy atom. The number of benzene rings is 2. The second-order valence-corrected chi connectivity index (χ2v) is 7.00. The third-order valence-corrected chi connectivity index (χ3v) is 4.47. The molecule has 0 aliphatic rings. The zero-order valence-corrected chi connectivity index (χ0v) is 17.4. The van der Waals surface area contributed by atoms with E-state index in [4.69, 9.17) is 0 Å². The van der Waals surface area contributed by atoms with Crippen LogP contribution in [0.25, 0.3) is 0 Å². The fourth-order valence-electron chi connectivity index (χ4n) is 3.14. The lowest BCUT2D eigenvalue weighted by molar-refractivity contribution is -0.384. The van der Waals surface area contributed by atoms with Crippen LogP contribution in [-0.2, 0) is 9.53 Å². The van der Waals surface area contributed by atoms with Crippen molar-refractivity contribution in [1.82, 2.24) is 4.90 Å². The van der Waals surface area contributed by atoms with Crippen molar-refractivity contribution in [3.8, 4) is 0 Å². The summed E-state index contributed by atoms with van der Waals surface area (Å²) in [6.45, 7) is 5.44. The highest BCUT2D eigenvalue weighted by Crippen LogP contribution is 2.22. The number of anilines is 1. The summed E-state index contributed by atoms with van der Waals surface area (Å²) < 4.78 is 4.58. The Morgan fingerprint density at radius 1 is 1.03 bits per heavy atom. The standard InChI is InChI=1S/C21H23N3O6/c1-12-6-13(2)19(14(3)7-12)22-18(25)11-23(4)20(26)15-8-16(21(27)30-5)10-17(9-15)24(28)29/h6-10H,11H2,1-5H3,(H,22,25). The number of rotatable bonds is 6. The van der Waals surface area contributed by atoms with Gasteiger partial charge in [-0.3, -0.25) is 19.7 Å². The summed E-state index contributed by atoms with van der Waals surface area (Å²) in [6, 6.07) is 7.16. The quantitative estimate of drug-likeness (QED) is 0.442. The minimum atomic E-state index is -0.807. The number of hydrogen-bond acceptors (Lipinski definition) is 6. The number of nitro benzene ring substituents is 1. The minimum Gasteiger partial charge on any atom is -0.465 e. The summed E-state index contributed by atoms with van der Waals surface area (Å²) in [7, 11) is 2.53. The Hall–Kier alpha value is -3.75. The number of hydrogen-bond donors (Lipinski definition) is 1. The molecule has 0 spiro atoms. The number of nitro groups is 1. The van der Waals surface area contributed by atoms with Gasteiger partial charge in [-0.15, -0.1) is 0 Å². The molecule has 9 nitrogen and oxygen atoms in total. The van der Waals surface area contributed by atoms with Crippen LogP contribution in [0, 0.1) is 30.9 Å². The van der Waals surface area contributed by atoms with Crippen molar-refractivity contribution in [1.29, 1.82) is 0 Å². The smallest absolute Gasteiger partial charge is 0.338 e. The summed E-state index contributed by atoms with van der Waals surface area (Å²) >= 11 is 0. The molecule has 0 saturated carbocycles. The van der Waals surface area contributed by atoms with Gasteiger partial charge in [0.05, 0.1) is 24.1 Å². The molecule has 9 heteroatoms. The van der Waals surface area contributed by atoms with Crippen molar-refractivity contribution in [2.24, 2.45) is 0 Å². The minimum absolute atomic E-state index is 0.0948. The van der Waals surface area contributed by atoms with E-state index < -0.39 is 28.4 Å². The number of amides is 2. The molecule has 1 N–H and O–H groups in total. The van der Waals surface area contributed by atoms with Crippen LogP contribution in [-0.4, -0.2) is 48.3 Å². The molecule has 0 aromatic heterocycles. The van der Waals surface area contributed by atoms with Crippen LogP contribution in [0.15, 0.2) is 30.3 Å². The maximum absolute atomic E-state index is 12.7. The molecule has 2 aromatic rings. The Balaban J connectivity index is 2.21. The number of carbonyl (C=O) groups is 3. The third kappa shape index (κ3) is 5.19. The normalized spacial score (nSPS) is 10.3. The number of methoxy groups -OCH3 is 1. The lowest BCUT2D eigenvalue weighted by atomic mass is 10.1. The van der Waals surface area contributed by atoms with Gasteiger partial charge in [0.2, 0.25) is 5.91 Å². The number of nitrogens with zero attached hydrogens (tertiary/aromatic N) is 2. The lowest BCUT2D eigenvalue weighted by Gasteiger charge is -2.19. The van der Waals surface area contributed by atoms with Gasteiger partial charge in [0, 0.05) is 30.4 Å². The van der Waals surface area contributed by atoms with Gasteiger partial charge in [-0.05, 0) is 38.0 Å². The average Bonchev–Trinajstić information content (AvgIpc) is 2.68. The first kappa shape index (κ1) is 22.5.